The third kappa shape index (κ3) is 16.5. The van der Waals surface area contributed by atoms with Crippen molar-refractivity contribution in [2.75, 3.05) is 13.2 Å². The molecule has 0 radical (unpaired) electrons. The highest BCUT2D eigenvalue weighted by Crippen LogP contribution is 2.13. The highest BCUT2D eigenvalue weighted by atomic mass is 16.6. The van der Waals surface area contributed by atoms with E-state index >= 15 is 0 Å². The average Bonchev–Trinajstić information content (AvgIpc) is 2.64. The Morgan fingerprint density at radius 3 is 1.46 bits per heavy atom. The summed E-state index contributed by atoms with van der Waals surface area (Å²) in [5, 5.41) is 0. The molecular formula is C23H45NO2. The van der Waals surface area contributed by atoms with Gasteiger partial charge < -0.3 is 4.74 Å². The molecule has 0 bridgehead atoms. The first-order chi connectivity index (χ1) is 12.8. The van der Waals surface area contributed by atoms with E-state index in [1.54, 1.807) is 11.1 Å². The fourth-order valence-electron chi connectivity index (χ4n) is 3.29. The zero-order chi connectivity index (χ0) is 19.3. The minimum Gasteiger partial charge on any atom is -0.449 e. The minimum absolute atomic E-state index is 0.275. The first-order valence-corrected chi connectivity index (χ1v) is 11.3. The van der Waals surface area contributed by atoms with Gasteiger partial charge in [0.25, 0.3) is 0 Å². The van der Waals surface area contributed by atoms with Crippen LogP contribution < -0.4 is 0 Å². The van der Waals surface area contributed by atoms with E-state index in [0.29, 0.717) is 6.61 Å². The lowest BCUT2D eigenvalue weighted by Crippen LogP contribution is -2.27. The molecule has 1 amide bonds. The fourth-order valence-corrected chi connectivity index (χ4v) is 3.29. The third-order valence-electron chi connectivity index (χ3n) is 4.98. The summed E-state index contributed by atoms with van der Waals surface area (Å²) in [5.41, 5.74) is 0. The zero-order valence-corrected chi connectivity index (χ0v) is 17.8. The van der Waals surface area contributed by atoms with Gasteiger partial charge in [0.2, 0.25) is 0 Å². The molecule has 0 N–H and O–H groups in total. The Morgan fingerprint density at radius 2 is 1.12 bits per heavy atom. The summed E-state index contributed by atoms with van der Waals surface area (Å²) >= 11 is 0. The maximum absolute atomic E-state index is 11.6. The van der Waals surface area contributed by atoms with Gasteiger partial charge in [0, 0.05) is 12.7 Å². The van der Waals surface area contributed by atoms with Gasteiger partial charge in [-0.3, -0.25) is 4.90 Å². The molecule has 0 aliphatic heterocycles. The Bertz CT molecular complexity index is 317. The summed E-state index contributed by atoms with van der Waals surface area (Å²) in [4.78, 5) is 13.2. The van der Waals surface area contributed by atoms with Crippen molar-refractivity contribution in [2.45, 2.75) is 117 Å². The molecule has 0 aromatic carbocycles. The van der Waals surface area contributed by atoms with Gasteiger partial charge in [-0.05, 0) is 13.3 Å². The summed E-state index contributed by atoms with van der Waals surface area (Å²) in [6.45, 7) is 8.93. The maximum atomic E-state index is 11.6. The van der Waals surface area contributed by atoms with Crippen LogP contribution in [0.3, 0.4) is 0 Å². The number of hydrogen-bond acceptors (Lipinski definition) is 2. The molecule has 26 heavy (non-hydrogen) atoms. The van der Waals surface area contributed by atoms with Crippen LogP contribution >= 0.6 is 0 Å². The summed E-state index contributed by atoms with van der Waals surface area (Å²) in [7, 11) is 0. The van der Waals surface area contributed by atoms with Crippen LogP contribution in [0.5, 0.6) is 0 Å². The lowest BCUT2D eigenvalue weighted by molar-refractivity contribution is 0.122. The quantitative estimate of drug-likeness (QED) is 0.217. The van der Waals surface area contributed by atoms with Gasteiger partial charge in [-0.1, -0.05) is 110 Å². The lowest BCUT2D eigenvalue weighted by Gasteiger charge is -2.16. The van der Waals surface area contributed by atoms with Gasteiger partial charge in [-0.2, -0.15) is 0 Å². The molecule has 0 heterocycles. The molecular weight excluding hydrogens is 322 g/mol. The highest BCUT2D eigenvalue weighted by Gasteiger charge is 2.09. The van der Waals surface area contributed by atoms with E-state index in [0.717, 1.165) is 13.0 Å². The Balaban J connectivity index is 3.24. The standard InChI is InChI=1S/C23H45NO2/c1-4-7-8-9-10-11-12-13-14-15-16-17-18-19-20-21-22-24(5-2)23(25)26-6-3/h5H,2,4,6-22H2,1,3H3. The summed E-state index contributed by atoms with van der Waals surface area (Å²) in [5.74, 6) is 0. The van der Waals surface area contributed by atoms with Crippen molar-refractivity contribution in [3.63, 3.8) is 0 Å². The predicted molar refractivity (Wildman–Crippen MR) is 113 cm³/mol. The smallest absolute Gasteiger partial charge is 0.413 e. The molecule has 0 rings (SSSR count). The molecule has 0 aromatic heterocycles. The molecule has 0 atom stereocenters. The fraction of sp³-hybridized carbons (Fsp3) is 0.870. The zero-order valence-electron chi connectivity index (χ0n) is 17.8. The van der Waals surface area contributed by atoms with Crippen molar-refractivity contribution in [3.8, 4) is 0 Å². The Hall–Kier alpha value is -0.990. The van der Waals surface area contributed by atoms with Gasteiger partial charge >= 0.3 is 6.09 Å². The second kappa shape index (κ2) is 20.3. The topological polar surface area (TPSA) is 29.5 Å². The number of carbonyl (C=O) groups is 1. The van der Waals surface area contributed by atoms with Crippen molar-refractivity contribution >= 4 is 6.09 Å². The van der Waals surface area contributed by atoms with E-state index < -0.39 is 0 Å². The predicted octanol–water partition coefficient (Wildman–Crippen LogP) is 7.85. The minimum atomic E-state index is -0.275. The van der Waals surface area contributed by atoms with Crippen LogP contribution in [0, 0.1) is 0 Å². The molecule has 154 valence electrons. The number of amides is 1. The van der Waals surface area contributed by atoms with Crippen LogP contribution in [0.25, 0.3) is 0 Å². The van der Waals surface area contributed by atoms with E-state index in [1.165, 1.54) is 96.3 Å². The van der Waals surface area contributed by atoms with Crippen molar-refractivity contribution < 1.29 is 9.53 Å². The second-order valence-corrected chi connectivity index (χ2v) is 7.38. The first kappa shape index (κ1) is 25.0. The SMILES string of the molecule is C=CN(CCCCCCCCCCCCCCCCCC)C(=O)OCC. The largest absolute Gasteiger partial charge is 0.449 e. The number of carbonyl (C=O) groups excluding carboxylic acids is 1. The summed E-state index contributed by atoms with van der Waals surface area (Å²) < 4.78 is 4.99. The van der Waals surface area contributed by atoms with Crippen molar-refractivity contribution in [1.29, 1.82) is 0 Å². The van der Waals surface area contributed by atoms with Gasteiger partial charge in [0.05, 0.1) is 6.61 Å². The number of nitrogens with zero attached hydrogens (tertiary/aromatic N) is 1. The second-order valence-electron chi connectivity index (χ2n) is 7.38. The average molecular weight is 368 g/mol. The monoisotopic (exact) mass is 367 g/mol. The number of ether oxygens (including phenoxy) is 1. The van der Waals surface area contributed by atoms with Crippen LogP contribution in [0.1, 0.15) is 117 Å². The molecule has 0 fully saturated rings. The molecule has 0 saturated carbocycles. The van der Waals surface area contributed by atoms with Crippen LogP contribution in [-0.2, 0) is 4.74 Å². The molecule has 3 nitrogen and oxygen atoms in total. The maximum Gasteiger partial charge on any atom is 0.413 e. The van der Waals surface area contributed by atoms with E-state index in [-0.39, 0.29) is 6.09 Å². The van der Waals surface area contributed by atoms with Crippen LogP contribution in [-0.4, -0.2) is 24.1 Å². The molecule has 0 saturated heterocycles. The van der Waals surface area contributed by atoms with E-state index in [1.807, 2.05) is 6.92 Å². The van der Waals surface area contributed by atoms with Gasteiger partial charge in [-0.15, -0.1) is 0 Å². The van der Waals surface area contributed by atoms with E-state index in [2.05, 4.69) is 13.5 Å². The summed E-state index contributed by atoms with van der Waals surface area (Å²) in [6.07, 6.45) is 23.1. The van der Waals surface area contributed by atoms with Crippen molar-refractivity contribution in [1.82, 2.24) is 4.90 Å². The Labute approximate surface area is 163 Å². The van der Waals surface area contributed by atoms with E-state index in [4.69, 9.17) is 4.74 Å². The van der Waals surface area contributed by atoms with Gasteiger partial charge in [-0.25, -0.2) is 4.79 Å². The van der Waals surface area contributed by atoms with Crippen molar-refractivity contribution in [2.24, 2.45) is 0 Å². The summed E-state index contributed by atoms with van der Waals surface area (Å²) in [6, 6.07) is 0. The molecule has 0 aromatic rings. The lowest BCUT2D eigenvalue weighted by atomic mass is 10.0. The normalized spacial score (nSPS) is 10.7. The molecule has 0 spiro atoms. The third-order valence-corrected chi connectivity index (χ3v) is 4.98. The molecule has 0 unspecified atom stereocenters. The van der Waals surface area contributed by atoms with Crippen LogP contribution in [0.4, 0.5) is 4.79 Å². The molecule has 3 heteroatoms. The number of hydrogen-bond donors (Lipinski definition) is 0. The molecule has 0 aliphatic carbocycles. The number of unbranched alkanes of at least 4 members (excludes halogenated alkanes) is 15. The number of rotatable bonds is 19. The van der Waals surface area contributed by atoms with Crippen LogP contribution in [0.2, 0.25) is 0 Å². The van der Waals surface area contributed by atoms with Gasteiger partial charge in [0.15, 0.2) is 0 Å². The Kier molecular flexibility index (Phi) is 19.5. The van der Waals surface area contributed by atoms with Crippen molar-refractivity contribution in [3.05, 3.63) is 12.8 Å². The van der Waals surface area contributed by atoms with Crippen LogP contribution in [0.15, 0.2) is 12.8 Å². The first-order valence-electron chi connectivity index (χ1n) is 11.3. The van der Waals surface area contributed by atoms with E-state index in [9.17, 15) is 4.79 Å². The Morgan fingerprint density at radius 1 is 0.731 bits per heavy atom. The van der Waals surface area contributed by atoms with Gasteiger partial charge in [0.1, 0.15) is 0 Å². The highest BCUT2D eigenvalue weighted by molar-refractivity contribution is 5.68. The molecule has 0 aliphatic rings.